The van der Waals surface area contributed by atoms with E-state index < -0.39 is 0 Å². The first-order chi connectivity index (χ1) is 11.6. The predicted octanol–water partition coefficient (Wildman–Crippen LogP) is 3.20. The van der Waals surface area contributed by atoms with Gasteiger partial charge in [0.1, 0.15) is 11.5 Å². The van der Waals surface area contributed by atoms with Gasteiger partial charge in [-0.1, -0.05) is 35.0 Å². The number of fused-ring (bicyclic) bond motifs is 3. The number of aromatic nitrogens is 4. The van der Waals surface area contributed by atoms with Gasteiger partial charge in [-0.25, -0.2) is 14.8 Å². The van der Waals surface area contributed by atoms with Crippen LogP contribution in [0.15, 0.2) is 33.5 Å². The largest absolute Gasteiger partial charge is 0.365 e. The van der Waals surface area contributed by atoms with Crippen molar-refractivity contribution in [2.75, 3.05) is 5.32 Å². The maximum Gasteiger partial charge on any atom is 0.331 e. The van der Waals surface area contributed by atoms with Gasteiger partial charge in [0.05, 0.1) is 0 Å². The molecule has 0 bridgehead atoms. The number of halogens is 1. The molecule has 124 valence electrons. The second-order valence-electron chi connectivity index (χ2n) is 6.17. The molecule has 3 aliphatic heterocycles. The third kappa shape index (κ3) is 2.34. The van der Waals surface area contributed by atoms with Gasteiger partial charge < -0.3 is 5.32 Å². The van der Waals surface area contributed by atoms with Gasteiger partial charge in [-0.05, 0) is 25.5 Å². The molecule has 24 heavy (non-hydrogen) atoms. The minimum Gasteiger partial charge on any atom is -0.365 e. The van der Waals surface area contributed by atoms with Crippen LogP contribution in [0, 0.1) is 0 Å². The van der Waals surface area contributed by atoms with Crippen molar-refractivity contribution in [3.05, 3.63) is 39.2 Å². The Labute approximate surface area is 148 Å². The molecule has 3 aliphatic rings. The molecule has 6 nitrogen and oxygen atoms in total. The Hall–Kier alpha value is -2.15. The quantitative estimate of drug-likeness (QED) is 0.749. The zero-order chi connectivity index (χ0) is 16.8. The van der Waals surface area contributed by atoms with Gasteiger partial charge in [-0.2, -0.15) is 0 Å². The van der Waals surface area contributed by atoms with Crippen molar-refractivity contribution in [3.8, 4) is 22.9 Å². The van der Waals surface area contributed by atoms with Crippen LogP contribution in [0.4, 0.5) is 5.82 Å². The Morgan fingerprint density at radius 3 is 2.75 bits per heavy atom. The maximum absolute atomic E-state index is 12.8. The van der Waals surface area contributed by atoms with Crippen LogP contribution in [-0.4, -0.2) is 25.1 Å². The van der Waals surface area contributed by atoms with Crippen LogP contribution in [-0.2, 0) is 13.1 Å². The minimum atomic E-state index is -0.0153. The number of hydrogen-bond acceptors (Lipinski definition) is 4. The van der Waals surface area contributed by atoms with E-state index in [1.165, 1.54) is 0 Å². The highest BCUT2D eigenvalue weighted by Crippen LogP contribution is 2.33. The summed E-state index contributed by atoms with van der Waals surface area (Å²) in [6.45, 7) is 5.42. The van der Waals surface area contributed by atoms with Crippen LogP contribution in [0.5, 0.6) is 0 Å². The normalized spacial score (nSPS) is 16.4. The number of nitrogens with zero attached hydrogens (tertiary/aromatic N) is 4. The SMILES string of the molecule is CCCn1c2nc(-c3ccc(Br)cc3)nc-2c2n(c1=O)CC(C)N2. The zero-order valence-electron chi connectivity index (χ0n) is 13.6. The molecule has 0 fully saturated rings. The van der Waals surface area contributed by atoms with Gasteiger partial charge >= 0.3 is 5.69 Å². The van der Waals surface area contributed by atoms with E-state index in [0.29, 0.717) is 24.7 Å². The molecular formula is C17H18BrN5O. The van der Waals surface area contributed by atoms with Crippen LogP contribution >= 0.6 is 15.9 Å². The first-order valence-corrected chi connectivity index (χ1v) is 8.91. The second-order valence-corrected chi connectivity index (χ2v) is 7.08. The van der Waals surface area contributed by atoms with E-state index in [-0.39, 0.29) is 11.7 Å². The number of benzene rings is 1. The lowest BCUT2D eigenvalue weighted by molar-refractivity contribution is 0.572. The molecule has 0 aliphatic carbocycles. The van der Waals surface area contributed by atoms with Gasteiger partial charge in [0.2, 0.25) is 0 Å². The topological polar surface area (TPSA) is 64.7 Å². The molecule has 0 spiro atoms. The Bertz CT molecular complexity index is 927. The van der Waals surface area contributed by atoms with E-state index in [9.17, 15) is 4.79 Å². The number of hydrogen-bond donors (Lipinski definition) is 1. The average molecular weight is 388 g/mol. The Morgan fingerprint density at radius 2 is 2.04 bits per heavy atom. The fraction of sp³-hybridized carbons (Fsp3) is 0.353. The summed E-state index contributed by atoms with van der Waals surface area (Å²) in [5.41, 5.74) is 1.69. The molecule has 1 aromatic carbocycles. The van der Waals surface area contributed by atoms with Gasteiger partial charge in [0.25, 0.3) is 0 Å². The van der Waals surface area contributed by atoms with E-state index in [4.69, 9.17) is 4.98 Å². The van der Waals surface area contributed by atoms with Crippen LogP contribution in [0.1, 0.15) is 20.3 Å². The average Bonchev–Trinajstić information content (AvgIpc) is 3.16. The van der Waals surface area contributed by atoms with E-state index in [0.717, 1.165) is 28.0 Å². The van der Waals surface area contributed by atoms with E-state index in [1.807, 2.05) is 24.3 Å². The van der Waals surface area contributed by atoms with Gasteiger partial charge in [-0.3, -0.25) is 9.13 Å². The highest BCUT2D eigenvalue weighted by atomic mass is 79.9. The molecule has 3 heterocycles. The summed E-state index contributed by atoms with van der Waals surface area (Å²) in [5, 5.41) is 3.36. The van der Waals surface area contributed by atoms with Gasteiger partial charge in [-0.15, -0.1) is 0 Å². The van der Waals surface area contributed by atoms with Crippen LogP contribution in [0.2, 0.25) is 0 Å². The van der Waals surface area contributed by atoms with Crippen molar-refractivity contribution in [3.63, 3.8) is 0 Å². The molecule has 1 aromatic rings. The van der Waals surface area contributed by atoms with Crippen molar-refractivity contribution in [1.82, 2.24) is 19.1 Å². The van der Waals surface area contributed by atoms with Crippen LogP contribution < -0.4 is 11.0 Å². The molecule has 0 saturated heterocycles. The zero-order valence-corrected chi connectivity index (χ0v) is 15.2. The Morgan fingerprint density at radius 1 is 1.29 bits per heavy atom. The summed E-state index contributed by atoms with van der Waals surface area (Å²) in [4.78, 5) is 22.2. The summed E-state index contributed by atoms with van der Waals surface area (Å²) < 4.78 is 4.54. The summed E-state index contributed by atoms with van der Waals surface area (Å²) >= 11 is 3.44. The molecule has 7 heteroatoms. The molecule has 4 rings (SSSR count). The van der Waals surface area contributed by atoms with E-state index >= 15 is 0 Å². The molecule has 1 N–H and O–H groups in total. The van der Waals surface area contributed by atoms with Crippen molar-refractivity contribution in [2.24, 2.45) is 0 Å². The molecule has 0 aromatic heterocycles. The van der Waals surface area contributed by atoms with Crippen LogP contribution in [0.25, 0.3) is 22.9 Å². The summed E-state index contributed by atoms with van der Waals surface area (Å²) in [7, 11) is 0. The number of rotatable bonds is 3. The fourth-order valence-electron chi connectivity index (χ4n) is 3.16. The third-order valence-corrected chi connectivity index (χ3v) is 4.77. The number of imidazole rings is 1. The summed E-state index contributed by atoms with van der Waals surface area (Å²) in [6, 6.07) is 8.10. The molecule has 0 radical (unpaired) electrons. The molecule has 1 atom stereocenters. The van der Waals surface area contributed by atoms with Crippen molar-refractivity contribution in [2.45, 2.75) is 39.4 Å². The highest BCUT2D eigenvalue weighted by molar-refractivity contribution is 9.10. The minimum absolute atomic E-state index is 0.0153. The molecular weight excluding hydrogens is 370 g/mol. The fourth-order valence-corrected chi connectivity index (χ4v) is 3.43. The first kappa shape index (κ1) is 15.4. The molecule has 0 saturated carbocycles. The third-order valence-electron chi connectivity index (χ3n) is 4.24. The summed E-state index contributed by atoms with van der Waals surface area (Å²) in [6.07, 6.45) is 0.873. The number of nitrogens with one attached hydrogen (secondary N) is 1. The van der Waals surface area contributed by atoms with Crippen molar-refractivity contribution in [1.29, 1.82) is 0 Å². The van der Waals surface area contributed by atoms with Gasteiger partial charge in [0, 0.05) is 29.2 Å². The monoisotopic (exact) mass is 387 g/mol. The van der Waals surface area contributed by atoms with Crippen LogP contribution in [0.3, 0.4) is 0 Å². The smallest absolute Gasteiger partial charge is 0.331 e. The Balaban J connectivity index is 1.96. The highest BCUT2D eigenvalue weighted by Gasteiger charge is 2.30. The Kier molecular flexibility index (Phi) is 3.68. The lowest BCUT2D eigenvalue weighted by Gasteiger charge is -2.13. The lowest BCUT2D eigenvalue weighted by Crippen LogP contribution is -2.32. The van der Waals surface area contributed by atoms with E-state index in [2.05, 4.69) is 40.1 Å². The van der Waals surface area contributed by atoms with Crippen molar-refractivity contribution < 1.29 is 0 Å². The standard InChI is InChI=1S/C17H18BrN5O/c1-3-8-22-16-13(15-19-10(2)9-23(15)17(22)24)20-14(21-16)11-4-6-12(18)7-5-11/h4-7,10,19H,3,8-9H2,1-2H3. The van der Waals surface area contributed by atoms with E-state index in [1.54, 1.807) is 9.13 Å². The molecule has 0 amide bonds. The first-order valence-electron chi connectivity index (χ1n) is 8.12. The van der Waals surface area contributed by atoms with Crippen molar-refractivity contribution >= 4 is 21.7 Å². The number of anilines is 1. The molecule has 1 unspecified atom stereocenters. The predicted molar refractivity (Wildman–Crippen MR) is 97.4 cm³/mol. The lowest BCUT2D eigenvalue weighted by atomic mass is 10.2. The summed E-state index contributed by atoms with van der Waals surface area (Å²) in [5.74, 6) is 2.09. The second kappa shape index (κ2) is 5.73. The van der Waals surface area contributed by atoms with Gasteiger partial charge in [0.15, 0.2) is 11.6 Å². The maximum atomic E-state index is 12.8.